The molecular weight excluding hydrogens is 230 g/mol. The minimum Gasteiger partial charge on any atom is -0.465 e. The molecule has 0 aliphatic carbocycles. The van der Waals surface area contributed by atoms with Gasteiger partial charge < -0.3 is 15.1 Å². The van der Waals surface area contributed by atoms with E-state index >= 15 is 0 Å². The first kappa shape index (κ1) is 12.9. The number of aliphatic hydroxyl groups excluding tert-OH is 1. The minimum atomic E-state index is -0.893. The summed E-state index contributed by atoms with van der Waals surface area (Å²) < 4.78 is 0. The van der Waals surface area contributed by atoms with Crippen LogP contribution in [0.25, 0.3) is 0 Å². The zero-order valence-electron chi connectivity index (χ0n) is 10.5. The van der Waals surface area contributed by atoms with Crippen LogP contribution in [0.3, 0.4) is 0 Å². The molecule has 0 bridgehead atoms. The van der Waals surface area contributed by atoms with Gasteiger partial charge in [0, 0.05) is 25.6 Å². The highest BCUT2D eigenvalue weighted by Gasteiger charge is 2.31. The highest BCUT2D eigenvalue weighted by atomic mass is 16.4. The maximum absolute atomic E-state index is 10.9. The van der Waals surface area contributed by atoms with Crippen LogP contribution in [0.5, 0.6) is 0 Å². The summed E-state index contributed by atoms with van der Waals surface area (Å²) >= 11 is 0. The molecule has 1 saturated heterocycles. The quantitative estimate of drug-likeness (QED) is 0.843. The SMILES string of the molecule is Cc1ccc(C2CCN(C(=O)O)CC2CO)cc1. The van der Waals surface area contributed by atoms with Crippen LogP contribution < -0.4 is 0 Å². The van der Waals surface area contributed by atoms with Crippen molar-refractivity contribution in [2.24, 2.45) is 5.92 Å². The Labute approximate surface area is 107 Å². The number of hydrogen-bond donors (Lipinski definition) is 2. The number of amides is 1. The van der Waals surface area contributed by atoms with Gasteiger partial charge in [-0.2, -0.15) is 0 Å². The molecule has 1 amide bonds. The van der Waals surface area contributed by atoms with E-state index in [2.05, 4.69) is 24.3 Å². The Balaban J connectivity index is 2.14. The molecular formula is C14H19NO3. The average molecular weight is 249 g/mol. The third-order valence-corrected chi connectivity index (χ3v) is 3.74. The molecule has 4 heteroatoms. The van der Waals surface area contributed by atoms with Gasteiger partial charge in [-0.1, -0.05) is 29.8 Å². The van der Waals surface area contributed by atoms with Crippen LogP contribution in [-0.4, -0.2) is 40.9 Å². The fourth-order valence-corrected chi connectivity index (χ4v) is 2.64. The summed E-state index contributed by atoms with van der Waals surface area (Å²) in [5, 5.41) is 18.4. The largest absolute Gasteiger partial charge is 0.465 e. The van der Waals surface area contributed by atoms with E-state index in [0.29, 0.717) is 13.1 Å². The normalized spacial score (nSPS) is 24.0. The summed E-state index contributed by atoms with van der Waals surface area (Å²) in [5.41, 5.74) is 2.41. The summed E-state index contributed by atoms with van der Waals surface area (Å²) in [6.07, 6.45) is -0.114. The van der Waals surface area contributed by atoms with E-state index in [-0.39, 0.29) is 18.4 Å². The Bertz CT molecular complexity index is 416. The van der Waals surface area contributed by atoms with E-state index in [4.69, 9.17) is 5.11 Å². The molecule has 4 nitrogen and oxygen atoms in total. The first-order chi connectivity index (χ1) is 8.61. The van der Waals surface area contributed by atoms with E-state index < -0.39 is 6.09 Å². The van der Waals surface area contributed by atoms with E-state index in [0.717, 1.165) is 6.42 Å². The lowest BCUT2D eigenvalue weighted by Crippen LogP contribution is -2.43. The number of nitrogens with zero attached hydrogens (tertiary/aromatic N) is 1. The average Bonchev–Trinajstić information content (AvgIpc) is 2.39. The lowest BCUT2D eigenvalue weighted by atomic mass is 9.81. The van der Waals surface area contributed by atoms with Crippen LogP contribution in [0.2, 0.25) is 0 Å². The van der Waals surface area contributed by atoms with E-state index in [1.165, 1.54) is 16.0 Å². The minimum absolute atomic E-state index is 0.00226. The number of aliphatic hydroxyl groups is 1. The Morgan fingerprint density at radius 2 is 2.06 bits per heavy atom. The van der Waals surface area contributed by atoms with Crippen molar-refractivity contribution < 1.29 is 15.0 Å². The molecule has 0 spiro atoms. The molecule has 1 aromatic rings. The zero-order valence-corrected chi connectivity index (χ0v) is 10.5. The van der Waals surface area contributed by atoms with Gasteiger partial charge in [-0.05, 0) is 24.8 Å². The van der Waals surface area contributed by atoms with Gasteiger partial charge in [-0.25, -0.2) is 4.79 Å². The third kappa shape index (κ3) is 2.64. The number of carboxylic acid groups (broad SMARTS) is 1. The lowest BCUT2D eigenvalue weighted by molar-refractivity contribution is 0.0886. The predicted octanol–water partition coefficient (Wildman–Crippen LogP) is 2.07. The molecule has 2 atom stereocenters. The molecule has 2 rings (SSSR count). The van der Waals surface area contributed by atoms with Crippen molar-refractivity contribution in [3.63, 3.8) is 0 Å². The summed E-state index contributed by atoms with van der Waals surface area (Å²) in [4.78, 5) is 12.3. The van der Waals surface area contributed by atoms with Gasteiger partial charge >= 0.3 is 6.09 Å². The van der Waals surface area contributed by atoms with Crippen LogP contribution in [0.15, 0.2) is 24.3 Å². The maximum atomic E-state index is 10.9. The Morgan fingerprint density at radius 3 is 2.61 bits per heavy atom. The van der Waals surface area contributed by atoms with Gasteiger partial charge in [-0.3, -0.25) is 0 Å². The van der Waals surface area contributed by atoms with Crippen molar-refractivity contribution in [2.45, 2.75) is 19.3 Å². The summed E-state index contributed by atoms with van der Waals surface area (Å²) in [6, 6.07) is 8.29. The second kappa shape index (κ2) is 5.40. The summed E-state index contributed by atoms with van der Waals surface area (Å²) in [6.45, 7) is 3.04. The van der Waals surface area contributed by atoms with E-state index in [1.54, 1.807) is 0 Å². The third-order valence-electron chi connectivity index (χ3n) is 3.74. The Hall–Kier alpha value is -1.55. The molecule has 0 aromatic heterocycles. The molecule has 1 aliphatic heterocycles. The zero-order chi connectivity index (χ0) is 13.1. The van der Waals surface area contributed by atoms with Gasteiger partial charge in [0.2, 0.25) is 0 Å². The van der Waals surface area contributed by atoms with E-state index in [9.17, 15) is 9.90 Å². The molecule has 1 fully saturated rings. The van der Waals surface area contributed by atoms with Gasteiger partial charge in [-0.15, -0.1) is 0 Å². The molecule has 1 aliphatic rings. The second-order valence-electron chi connectivity index (χ2n) is 4.98. The van der Waals surface area contributed by atoms with Crippen molar-refractivity contribution in [2.75, 3.05) is 19.7 Å². The van der Waals surface area contributed by atoms with Crippen LogP contribution in [0.4, 0.5) is 4.79 Å². The predicted molar refractivity (Wildman–Crippen MR) is 68.7 cm³/mol. The molecule has 0 radical (unpaired) electrons. The molecule has 1 aromatic carbocycles. The van der Waals surface area contributed by atoms with Crippen LogP contribution in [0.1, 0.15) is 23.5 Å². The Kier molecular flexibility index (Phi) is 3.87. The van der Waals surface area contributed by atoms with Crippen LogP contribution in [0, 0.1) is 12.8 Å². The van der Waals surface area contributed by atoms with Gasteiger partial charge in [0.15, 0.2) is 0 Å². The second-order valence-corrected chi connectivity index (χ2v) is 4.98. The van der Waals surface area contributed by atoms with Gasteiger partial charge in [0.1, 0.15) is 0 Å². The van der Waals surface area contributed by atoms with Crippen molar-refractivity contribution in [3.05, 3.63) is 35.4 Å². The van der Waals surface area contributed by atoms with Crippen molar-refractivity contribution in [1.82, 2.24) is 4.90 Å². The standard InChI is InChI=1S/C14H19NO3/c1-10-2-4-11(5-3-10)13-6-7-15(14(17)18)8-12(13)9-16/h2-5,12-13,16H,6-9H2,1H3,(H,17,18). The number of hydrogen-bond acceptors (Lipinski definition) is 2. The highest BCUT2D eigenvalue weighted by molar-refractivity contribution is 5.65. The topological polar surface area (TPSA) is 60.8 Å². The first-order valence-corrected chi connectivity index (χ1v) is 6.27. The summed E-state index contributed by atoms with van der Waals surface area (Å²) in [5.74, 6) is 0.253. The number of carbonyl (C=O) groups is 1. The molecule has 2 N–H and O–H groups in total. The Morgan fingerprint density at radius 1 is 1.39 bits per heavy atom. The smallest absolute Gasteiger partial charge is 0.407 e. The fourth-order valence-electron chi connectivity index (χ4n) is 2.64. The van der Waals surface area contributed by atoms with Crippen LogP contribution >= 0.6 is 0 Å². The maximum Gasteiger partial charge on any atom is 0.407 e. The fraction of sp³-hybridized carbons (Fsp3) is 0.500. The van der Waals surface area contributed by atoms with Crippen LogP contribution in [-0.2, 0) is 0 Å². The van der Waals surface area contributed by atoms with Gasteiger partial charge in [0.25, 0.3) is 0 Å². The molecule has 18 heavy (non-hydrogen) atoms. The van der Waals surface area contributed by atoms with E-state index in [1.807, 2.05) is 6.92 Å². The highest BCUT2D eigenvalue weighted by Crippen LogP contribution is 2.32. The number of likely N-dealkylation sites (tertiary alicyclic amines) is 1. The first-order valence-electron chi connectivity index (χ1n) is 6.27. The molecule has 2 unspecified atom stereocenters. The number of benzene rings is 1. The van der Waals surface area contributed by atoms with Crippen molar-refractivity contribution in [3.8, 4) is 0 Å². The van der Waals surface area contributed by atoms with Gasteiger partial charge in [0.05, 0.1) is 0 Å². The molecule has 1 heterocycles. The lowest BCUT2D eigenvalue weighted by Gasteiger charge is -2.36. The number of aryl methyl sites for hydroxylation is 1. The molecule has 0 saturated carbocycles. The number of piperidine rings is 1. The monoisotopic (exact) mass is 249 g/mol. The number of rotatable bonds is 2. The molecule has 98 valence electrons. The van der Waals surface area contributed by atoms with Crippen molar-refractivity contribution in [1.29, 1.82) is 0 Å². The summed E-state index contributed by atoms with van der Waals surface area (Å²) in [7, 11) is 0. The van der Waals surface area contributed by atoms with Crippen molar-refractivity contribution >= 4 is 6.09 Å².